The molecule has 2 aromatic carbocycles. The van der Waals surface area contributed by atoms with Crippen LogP contribution in [0, 0.1) is 0 Å². The van der Waals surface area contributed by atoms with E-state index in [9.17, 15) is 4.79 Å². The fourth-order valence-corrected chi connectivity index (χ4v) is 4.21. The molecule has 2 aliphatic rings. The zero-order valence-electron chi connectivity index (χ0n) is 18.4. The molecular weight excluding hydrogens is 384 g/mol. The summed E-state index contributed by atoms with van der Waals surface area (Å²) in [5.74, 6) is 1.24. The topological polar surface area (TPSA) is 47.9 Å². The third-order valence-electron chi connectivity index (χ3n) is 5.97. The number of guanidine groups is 1. The van der Waals surface area contributed by atoms with Gasteiger partial charge < -0.3 is 15.1 Å². The first-order chi connectivity index (χ1) is 15.2. The minimum absolute atomic E-state index is 0.273. The number of rotatable bonds is 6. The Labute approximate surface area is 185 Å². The summed E-state index contributed by atoms with van der Waals surface area (Å²) >= 11 is 0. The maximum atomic E-state index is 11.8. The summed E-state index contributed by atoms with van der Waals surface area (Å²) in [6.45, 7) is 7.06. The predicted octanol–water partition coefficient (Wildman–Crippen LogP) is 4.06. The van der Waals surface area contributed by atoms with Crippen LogP contribution in [-0.2, 0) is 17.9 Å². The Balaban J connectivity index is 1.37. The van der Waals surface area contributed by atoms with Gasteiger partial charge in [-0.1, -0.05) is 60.7 Å². The van der Waals surface area contributed by atoms with Gasteiger partial charge in [-0.3, -0.25) is 4.79 Å². The Bertz CT molecular complexity index is 934. The molecule has 1 N–H and O–H groups in total. The van der Waals surface area contributed by atoms with Crippen molar-refractivity contribution in [3.05, 3.63) is 77.4 Å². The summed E-state index contributed by atoms with van der Waals surface area (Å²) < 4.78 is 0. The second-order valence-corrected chi connectivity index (χ2v) is 8.20. The largest absolute Gasteiger partial charge is 0.356 e. The number of aliphatic imine (C=N–C) groups is 1. The summed E-state index contributed by atoms with van der Waals surface area (Å²) in [6, 6.07) is 19.1. The zero-order valence-corrected chi connectivity index (χ0v) is 18.4. The van der Waals surface area contributed by atoms with Crippen molar-refractivity contribution in [3.8, 4) is 0 Å². The van der Waals surface area contributed by atoms with Crippen LogP contribution in [0.2, 0.25) is 0 Å². The van der Waals surface area contributed by atoms with Gasteiger partial charge >= 0.3 is 0 Å². The number of hydrogen-bond acceptors (Lipinski definition) is 2. The predicted molar refractivity (Wildman–Crippen MR) is 127 cm³/mol. The molecule has 1 amide bonds. The molecule has 0 radical (unpaired) electrons. The second kappa shape index (κ2) is 10.3. The van der Waals surface area contributed by atoms with E-state index in [0.717, 1.165) is 51.5 Å². The van der Waals surface area contributed by atoms with Gasteiger partial charge in [0.15, 0.2) is 5.96 Å². The Morgan fingerprint density at radius 3 is 2.42 bits per heavy atom. The van der Waals surface area contributed by atoms with Gasteiger partial charge in [-0.05, 0) is 42.0 Å². The van der Waals surface area contributed by atoms with E-state index in [0.29, 0.717) is 13.0 Å². The maximum Gasteiger partial charge on any atom is 0.222 e. The van der Waals surface area contributed by atoms with Crippen molar-refractivity contribution >= 4 is 17.4 Å². The van der Waals surface area contributed by atoms with Gasteiger partial charge in [0.1, 0.15) is 0 Å². The summed E-state index contributed by atoms with van der Waals surface area (Å²) in [7, 11) is 0. The van der Waals surface area contributed by atoms with Crippen LogP contribution in [0.15, 0.2) is 65.7 Å². The van der Waals surface area contributed by atoms with Crippen molar-refractivity contribution in [2.45, 2.75) is 39.3 Å². The highest BCUT2D eigenvalue weighted by atomic mass is 16.2. The third-order valence-corrected chi connectivity index (χ3v) is 5.97. The van der Waals surface area contributed by atoms with Gasteiger partial charge in [-0.15, -0.1) is 0 Å². The highest BCUT2D eigenvalue weighted by Crippen LogP contribution is 2.22. The Morgan fingerprint density at radius 2 is 1.77 bits per heavy atom. The molecule has 162 valence electrons. The molecule has 2 aromatic rings. The van der Waals surface area contributed by atoms with Crippen LogP contribution >= 0.6 is 0 Å². The van der Waals surface area contributed by atoms with Crippen LogP contribution in [0.3, 0.4) is 0 Å². The monoisotopic (exact) mass is 416 g/mol. The first-order valence-electron chi connectivity index (χ1n) is 11.4. The summed E-state index contributed by atoms with van der Waals surface area (Å²) in [6.07, 6.45) is 5.02. The number of carbonyl (C=O) groups is 1. The highest BCUT2D eigenvalue weighted by Gasteiger charge is 2.20. The number of nitrogens with zero attached hydrogens (tertiary/aromatic N) is 3. The van der Waals surface area contributed by atoms with Crippen LogP contribution in [0.1, 0.15) is 42.9 Å². The molecule has 0 aliphatic carbocycles. The smallest absolute Gasteiger partial charge is 0.222 e. The fourth-order valence-electron chi connectivity index (χ4n) is 4.21. The normalized spacial score (nSPS) is 17.1. The molecule has 0 bridgehead atoms. The molecule has 4 rings (SSSR count). The first-order valence-corrected chi connectivity index (χ1v) is 11.4. The fraction of sp³-hybridized carbons (Fsp3) is 0.385. The average Bonchev–Trinajstić information content (AvgIpc) is 3.22. The van der Waals surface area contributed by atoms with Crippen LogP contribution in [0.4, 0.5) is 0 Å². The number of likely N-dealkylation sites (tertiary alicyclic amines) is 1. The number of hydrogen-bond donors (Lipinski definition) is 1. The molecule has 5 heteroatoms. The summed E-state index contributed by atoms with van der Waals surface area (Å²) in [5.41, 5.74) is 5.11. The van der Waals surface area contributed by atoms with Crippen molar-refractivity contribution in [1.29, 1.82) is 0 Å². The van der Waals surface area contributed by atoms with Crippen LogP contribution in [0.5, 0.6) is 0 Å². The lowest BCUT2D eigenvalue weighted by Crippen LogP contribution is -2.43. The van der Waals surface area contributed by atoms with E-state index in [-0.39, 0.29) is 5.91 Å². The van der Waals surface area contributed by atoms with Gasteiger partial charge in [0.25, 0.3) is 0 Å². The van der Waals surface area contributed by atoms with Crippen molar-refractivity contribution in [1.82, 2.24) is 15.1 Å². The van der Waals surface area contributed by atoms with Gasteiger partial charge in [-0.2, -0.15) is 0 Å². The third kappa shape index (κ3) is 5.54. The molecule has 2 heterocycles. The lowest BCUT2D eigenvalue weighted by molar-refractivity contribution is -0.128. The lowest BCUT2D eigenvalue weighted by Gasteiger charge is -2.30. The van der Waals surface area contributed by atoms with Gasteiger partial charge in [-0.25, -0.2) is 4.99 Å². The number of benzene rings is 2. The van der Waals surface area contributed by atoms with Crippen molar-refractivity contribution < 1.29 is 4.79 Å². The molecule has 31 heavy (non-hydrogen) atoms. The molecule has 1 fully saturated rings. The molecule has 2 aliphatic heterocycles. The zero-order chi connectivity index (χ0) is 21.5. The summed E-state index contributed by atoms with van der Waals surface area (Å²) in [4.78, 5) is 21.0. The molecule has 0 unspecified atom stereocenters. The van der Waals surface area contributed by atoms with Crippen LogP contribution in [0.25, 0.3) is 5.57 Å². The van der Waals surface area contributed by atoms with E-state index in [2.05, 4.69) is 77.8 Å². The molecule has 1 saturated heterocycles. The minimum atomic E-state index is 0.273. The molecule has 0 aromatic heterocycles. The van der Waals surface area contributed by atoms with Crippen LogP contribution in [-0.4, -0.2) is 47.8 Å². The minimum Gasteiger partial charge on any atom is -0.356 e. The Hall–Kier alpha value is -3.08. The van der Waals surface area contributed by atoms with E-state index < -0.39 is 0 Å². The first kappa shape index (κ1) is 21.2. The number of amides is 1. The quantitative estimate of drug-likeness (QED) is 0.571. The van der Waals surface area contributed by atoms with E-state index in [1.807, 2.05) is 4.90 Å². The van der Waals surface area contributed by atoms with Crippen molar-refractivity contribution in [2.24, 2.45) is 4.99 Å². The number of carbonyl (C=O) groups excluding carboxylic acids is 1. The average molecular weight is 417 g/mol. The molecule has 0 atom stereocenters. The van der Waals surface area contributed by atoms with Gasteiger partial charge in [0.2, 0.25) is 5.91 Å². The van der Waals surface area contributed by atoms with Crippen LogP contribution < -0.4 is 5.32 Å². The Kier molecular flexibility index (Phi) is 7.03. The van der Waals surface area contributed by atoms with Gasteiger partial charge in [0.05, 0.1) is 6.54 Å². The highest BCUT2D eigenvalue weighted by molar-refractivity contribution is 5.81. The molecule has 5 nitrogen and oxygen atoms in total. The Morgan fingerprint density at radius 1 is 1.00 bits per heavy atom. The SMILES string of the molecule is CCNC(=NCc1ccc(CN2CCCC2=O)cc1)N1CC=C(c2ccccc2)CC1. The van der Waals surface area contributed by atoms with Gasteiger partial charge in [0, 0.05) is 39.1 Å². The molecule has 0 saturated carbocycles. The standard InChI is InChI=1S/C26H32N4O/c1-2-27-26(29-17-14-24(15-18-29)23-7-4-3-5-8-23)28-19-21-10-12-22(13-11-21)20-30-16-6-9-25(30)31/h3-5,7-8,10-14H,2,6,9,15-20H2,1H3,(H,27,28). The molecular formula is C26H32N4O. The van der Waals surface area contributed by atoms with Crippen molar-refractivity contribution in [2.75, 3.05) is 26.2 Å². The summed E-state index contributed by atoms with van der Waals surface area (Å²) in [5, 5.41) is 3.44. The van der Waals surface area contributed by atoms with E-state index in [1.165, 1.54) is 22.3 Å². The maximum absolute atomic E-state index is 11.8. The lowest BCUT2D eigenvalue weighted by atomic mass is 10.00. The van der Waals surface area contributed by atoms with E-state index >= 15 is 0 Å². The number of nitrogens with one attached hydrogen (secondary N) is 1. The van der Waals surface area contributed by atoms with E-state index in [1.54, 1.807) is 0 Å². The van der Waals surface area contributed by atoms with E-state index in [4.69, 9.17) is 4.99 Å². The molecule has 0 spiro atoms. The second-order valence-electron chi connectivity index (χ2n) is 8.20. The van der Waals surface area contributed by atoms with Crippen molar-refractivity contribution in [3.63, 3.8) is 0 Å².